The summed E-state index contributed by atoms with van der Waals surface area (Å²) in [5.74, 6) is 0.982. The molecule has 2 aromatic carbocycles. The number of aldehydes is 1. The number of epoxide rings is 1. The quantitative estimate of drug-likeness (QED) is 0.352. The van der Waals surface area contributed by atoms with E-state index in [9.17, 15) is 13.2 Å². The van der Waals surface area contributed by atoms with E-state index in [0.29, 0.717) is 31.8 Å². The summed E-state index contributed by atoms with van der Waals surface area (Å²) in [5.41, 5.74) is 2.10. The Kier molecular flexibility index (Phi) is 6.13. The Bertz CT molecular complexity index is 854. The number of carbonyl (C=O) groups excluding carboxylic acids is 1. The Morgan fingerprint density at radius 3 is 2.22 bits per heavy atom. The maximum atomic E-state index is 11.1. The molecule has 144 valence electrons. The highest BCUT2D eigenvalue weighted by Crippen LogP contribution is 2.23. The fraction of sp³-hybridized carbons (Fsp3) is 0.350. The lowest BCUT2D eigenvalue weighted by Gasteiger charge is -2.10. The Hall–Kier alpha value is -2.38. The second kappa shape index (κ2) is 8.54. The number of hydrogen-bond donors (Lipinski definition) is 0. The smallest absolute Gasteiger partial charge is 0.306 e. The molecule has 0 saturated carbocycles. The van der Waals surface area contributed by atoms with Gasteiger partial charge in [0.1, 0.15) is 17.8 Å². The zero-order valence-corrected chi connectivity index (χ0v) is 15.9. The Labute approximate surface area is 159 Å². The van der Waals surface area contributed by atoms with Crippen molar-refractivity contribution in [1.82, 2.24) is 0 Å². The Morgan fingerprint density at radius 1 is 1.07 bits per heavy atom. The van der Waals surface area contributed by atoms with Gasteiger partial charge >= 0.3 is 10.1 Å². The predicted molar refractivity (Wildman–Crippen MR) is 101 cm³/mol. The predicted octanol–water partition coefficient (Wildman–Crippen LogP) is 2.40. The standard InChI is InChI=1S/C20H22O6S/c1-27(22,23)26-19-8-2-15(3-9-19)10-11-24-18-6-4-16(5-7-18)12-17(13-21)20-14-25-20/h2-9,13,17,20H,10-12,14H2,1H3/t17-,20?/m1/s1. The average Bonchev–Trinajstić information content (AvgIpc) is 3.46. The third-order valence-corrected chi connectivity index (χ3v) is 4.73. The number of hydrogen-bond acceptors (Lipinski definition) is 6. The van der Waals surface area contributed by atoms with Crippen LogP contribution in [0.25, 0.3) is 0 Å². The minimum atomic E-state index is -3.51. The van der Waals surface area contributed by atoms with E-state index in [-0.39, 0.29) is 12.0 Å². The van der Waals surface area contributed by atoms with Crippen molar-refractivity contribution in [2.24, 2.45) is 5.92 Å². The molecule has 1 heterocycles. The van der Waals surface area contributed by atoms with Gasteiger partial charge in [-0.05, 0) is 41.8 Å². The van der Waals surface area contributed by atoms with Crippen molar-refractivity contribution in [3.63, 3.8) is 0 Å². The van der Waals surface area contributed by atoms with Crippen LogP contribution in [0.3, 0.4) is 0 Å². The van der Waals surface area contributed by atoms with E-state index in [1.807, 2.05) is 36.4 Å². The zero-order valence-electron chi connectivity index (χ0n) is 15.0. The van der Waals surface area contributed by atoms with E-state index >= 15 is 0 Å². The molecule has 1 aliphatic heterocycles. The fourth-order valence-corrected chi connectivity index (χ4v) is 3.20. The van der Waals surface area contributed by atoms with E-state index in [2.05, 4.69) is 0 Å². The van der Waals surface area contributed by atoms with E-state index < -0.39 is 10.1 Å². The molecule has 0 N–H and O–H groups in total. The molecule has 7 heteroatoms. The van der Waals surface area contributed by atoms with E-state index in [1.165, 1.54) is 0 Å². The molecule has 0 aromatic heterocycles. The summed E-state index contributed by atoms with van der Waals surface area (Å²) < 4.78 is 37.9. The summed E-state index contributed by atoms with van der Waals surface area (Å²) in [7, 11) is -3.51. The second-order valence-corrected chi connectivity index (χ2v) is 8.12. The lowest BCUT2D eigenvalue weighted by Crippen LogP contribution is -2.13. The van der Waals surface area contributed by atoms with Crippen LogP contribution >= 0.6 is 0 Å². The van der Waals surface area contributed by atoms with Crippen molar-refractivity contribution in [3.05, 3.63) is 59.7 Å². The van der Waals surface area contributed by atoms with Gasteiger partial charge in [0.2, 0.25) is 0 Å². The van der Waals surface area contributed by atoms with Crippen LogP contribution in [-0.2, 0) is 32.5 Å². The lowest BCUT2D eigenvalue weighted by molar-refractivity contribution is -0.111. The third-order valence-electron chi connectivity index (χ3n) is 4.24. The summed E-state index contributed by atoms with van der Waals surface area (Å²) in [6.45, 7) is 1.17. The monoisotopic (exact) mass is 390 g/mol. The fourth-order valence-electron chi connectivity index (χ4n) is 2.74. The van der Waals surface area contributed by atoms with Crippen LogP contribution in [0, 0.1) is 5.92 Å². The summed E-state index contributed by atoms with van der Waals surface area (Å²) in [6, 6.07) is 14.6. The Morgan fingerprint density at radius 2 is 1.67 bits per heavy atom. The molecule has 2 atom stereocenters. The van der Waals surface area contributed by atoms with Crippen LogP contribution in [-0.4, -0.2) is 40.3 Å². The van der Waals surface area contributed by atoms with Gasteiger partial charge in [-0.15, -0.1) is 0 Å². The van der Waals surface area contributed by atoms with Crippen LogP contribution in [0.4, 0.5) is 0 Å². The molecule has 27 heavy (non-hydrogen) atoms. The molecule has 0 aliphatic carbocycles. The van der Waals surface area contributed by atoms with Gasteiger partial charge < -0.3 is 18.5 Å². The molecule has 0 amide bonds. The molecular formula is C20H22O6S. The van der Waals surface area contributed by atoms with Crippen molar-refractivity contribution in [3.8, 4) is 11.5 Å². The molecule has 0 bridgehead atoms. The average molecular weight is 390 g/mol. The maximum Gasteiger partial charge on any atom is 0.306 e. The van der Waals surface area contributed by atoms with Crippen LogP contribution < -0.4 is 8.92 Å². The van der Waals surface area contributed by atoms with Gasteiger partial charge in [0, 0.05) is 12.3 Å². The number of rotatable bonds is 10. The first kappa shape index (κ1) is 19.4. The molecule has 1 fully saturated rings. The van der Waals surface area contributed by atoms with Crippen molar-refractivity contribution in [1.29, 1.82) is 0 Å². The molecule has 1 unspecified atom stereocenters. The molecule has 6 nitrogen and oxygen atoms in total. The Balaban J connectivity index is 1.45. The largest absolute Gasteiger partial charge is 0.493 e. The maximum absolute atomic E-state index is 11.1. The zero-order chi connectivity index (χ0) is 19.3. The third kappa shape index (κ3) is 6.37. The van der Waals surface area contributed by atoms with Crippen molar-refractivity contribution in [2.45, 2.75) is 18.9 Å². The van der Waals surface area contributed by atoms with Gasteiger partial charge in [-0.25, -0.2) is 0 Å². The number of benzene rings is 2. The SMILES string of the molecule is CS(=O)(=O)Oc1ccc(CCOc2ccc(C[C@H](C=O)C3CO3)cc2)cc1. The molecular weight excluding hydrogens is 368 g/mol. The lowest BCUT2D eigenvalue weighted by atomic mass is 9.98. The van der Waals surface area contributed by atoms with Gasteiger partial charge in [-0.2, -0.15) is 8.42 Å². The topological polar surface area (TPSA) is 82.2 Å². The van der Waals surface area contributed by atoms with Crippen LogP contribution in [0.1, 0.15) is 11.1 Å². The van der Waals surface area contributed by atoms with Gasteiger partial charge in [-0.3, -0.25) is 0 Å². The summed E-state index contributed by atoms with van der Waals surface area (Å²) in [6.07, 6.45) is 3.42. The van der Waals surface area contributed by atoms with E-state index in [0.717, 1.165) is 29.4 Å². The first-order valence-electron chi connectivity index (χ1n) is 8.70. The van der Waals surface area contributed by atoms with Crippen molar-refractivity contribution in [2.75, 3.05) is 19.5 Å². The normalized spacial score (nSPS) is 17.1. The summed E-state index contributed by atoms with van der Waals surface area (Å²) >= 11 is 0. The first-order valence-corrected chi connectivity index (χ1v) is 10.5. The molecule has 1 aliphatic rings. The molecule has 2 aromatic rings. The number of ether oxygens (including phenoxy) is 2. The summed E-state index contributed by atoms with van der Waals surface area (Å²) in [4.78, 5) is 11.1. The van der Waals surface area contributed by atoms with Crippen LogP contribution in [0.5, 0.6) is 11.5 Å². The van der Waals surface area contributed by atoms with Crippen molar-refractivity contribution < 1.29 is 26.9 Å². The number of carbonyl (C=O) groups is 1. The van der Waals surface area contributed by atoms with Crippen molar-refractivity contribution >= 4 is 16.4 Å². The molecule has 3 rings (SSSR count). The van der Waals surface area contributed by atoms with Gasteiger partial charge in [-0.1, -0.05) is 24.3 Å². The van der Waals surface area contributed by atoms with Gasteiger partial charge in [0.05, 0.1) is 25.6 Å². The van der Waals surface area contributed by atoms with E-state index in [4.69, 9.17) is 13.7 Å². The second-order valence-electron chi connectivity index (χ2n) is 6.55. The highest BCUT2D eigenvalue weighted by atomic mass is 32.2. The van der Waals surface area contributed by atoms with E-state index in [1.54, 1.807) is 12.1 Å². The molecule has 1 saturated heterocycles. The first-order chi connectivity index (χ1) is 12.9. The highest BCUT2D eigenvalue weighted by Gasteiger charge is 2.32. The highest BCUT2D eigenvalue weighted by molar-refractivity contribution is 7.86. The molecule has 0 radical (unpaired) electrons. The summed E-state index contributed by atoms with van der Waals surface area (Å²) in [5, 5.41) is 0. The van der Waals surface area contributed by atoms with Gasteiger partial charge in [0.25, 0.3) is 0 Å². The minimum Gasteiger partial charge on any atom is -0.493 e. The van der Waals surface area contributed by atoms with Gasteiger partial charge in [0.15, 0.2) is 0 Å². The minimum absolute atomic E-state index is 0.0765. The van der Waals surface area contributed by atoms with Crippen LogP contribution in [0.2, 0.25) is 0 Å². The molecule has 0 spiro atoms. The van der Waals surface area contributed by atoms with Crippen LogP contribution in [0.15, 0.2) is 48.5 Å².